The van der Waals surface area contributed by atoms with Crippen molar-refractivity contribution in [2.24, 2.45) is 0 Å². The highest BCUT2D eigenvalue weighted by Gasteiger charge is 2.19. The van der Waals surface area contributed by atoms with Gasteiger partial charge in [-0.1, -0.05) is 85.2 Å². The summed E-state index contributed by atoms with van der Waals surface area (Å²) in [6, 6.07) is 23.2. The summed E-state index contributed by atoms with van der Waals surface area (Å²) in [7, 11) is 0. The second kappa shape index (κ2) is 7.46. The van der Waals surface area contributed by atoms with Crippen LogP contribution in [0.4, 0.5) is 0 Å². The van der Waals surface area contributed by atoms with Gasteiger partial charge in [0.1, 0.15) is 5.75 Å². The molecule has 0 unspecified atom stereocenters. The van der Waals surface area contributed by atoms with Gasteiger partial charge >= 0.3 is 5.97 Å². The van der Waals surface area contributed by atoms with Gasteiger partial charge in [0.15, 0.2) is 0 Å². The Morgan fingerprint density at radius 1 is 0.846 bits per heavy atom. The maximum atomic E-state index is 12.4. The lowest BCUT2D eigenvalue weighted by Gasteiger charge is -2.21. The van der Waals surface area contributed by atoms with E-state index >= 15 is 0 Å². The summed E-state index contributed by atoms with van der Waals surface area (Å²) < 4.78 is 6.43. The summed E-state index contributed by atoms with van der Waals surface area (Å²) in [5.74, 6) is 0.171. The predicted molar refractivity (Wildman–Crippen MR) is 110 cm³/mol. The van der Waals surface area contributed by atoms with Gasteiger partial charge in [0.05, 0.1) is 5.56 Å². The first kappa shape index (κ1) is 18.4. The van der Waals surface area contributed by atoms with E-state index in [9.17, 15) is 4.79 Å². The number of benzene rings is 3. The van der Waals surface area contributed by atoms with Gasteiger partial charge < -0.3 is 4.74 Å². The van der Waals surface area contributed by atoms with Crippen LogP contribution >= 0.6 is 15.9 Å². The van der Waals surface area contributed by atoms with Gasteiger partial charge in [-0.25, -0.2) is 4.79 Å². The van der Waals surface area contributed by atoms with E-state index in [1.54, 1.807) is 0 Å². The van der Waals surface area contributed by atoms with Gasteiger partial charge in [0.25, 0.3) is 0 Å². The monoisotopic (exact) mass is 408 g/mol. The van der Waals surface area contributed by atoms with Crippen molar-refractivity contribution in [2.45, 2.75) is 26.2 Å². The molecule has 0 amide bonds. The zero-order chi connectivity index (χ0) is 18.7. The minimum Gasteiger partial charge on any atom is -0.423 e. The third kappa shape index (κ3) is 4.23. The fourth-order valence-corrected chi connectivity index (χ4v) is 3.74. The summed E-state index contributed by atoms with van der Waals surface area (Å²) in [6.45, 7) is 6.41. The molecule has 2 nitrogen and oxygen atoms in total. The Balaban J connectivity index is 1.75. The van der Waals surface area contributed by atoms with Crippen molar-refractivity contribution in [2.75, 3.05) is 0 Å². The van der Waals surface area contributed by atoms with Crippen molar-refractivity contribution in [1.82, 2.24) is 0 Å². The number of carbonyl (C=O) groups is 1. The van der Waals surface area contributed by atoms with E-state index < -0.39 is 0 Å². The molecule has 0 spiro atoms. The van der Waals surface area contributed by atoms with Crippen molar-refractivity contribution in [1.29, 1.82) is 0 Å². The number of halogens is 1. The molecule has 0 atom stereocenters. The normalized spacial score (nSPS) is 11.2. The fourth-order valence-electron chi connectivity index (χ4n) is 2.76. The third-order valence-corrected chi connectivity index (χ3v) is 4.84. The third-order valence-electron chi connectivity index (χ3n) is 4.18. The predicted octanol–water partition coefficient (Wildman–Crippen LogP) is 6.63. The molecule has 0 radical (unpaired) electrons. The molecule has 0 fully saturated rings. The molecular weight excluding hydrogens is 388 g/mol. The van der Waals surface area contributed by atoms with Crippen molar-refractivity contribution >= 4 is 21.9 Å². The lowest BCUT2D eigenvalue weighted by atomic mass is 9.86. The van der Waals surface area contributed by atoms with Gasteiger partial charge in [-0.2, -0.15) is 0 Å². The molecule has 3 rings (SSSR count). The number of carbonyl (C=O) groups excluding carboxylic acids is 1. The molecule has 0 aromatic heterocycles. The molecule has 3 aromatic rings. The molecule has 0 N–H and O–H groups in total. The maximum Gasteiger partial charge on any atom is 0.343 e. The Kier molecular flexibility index (Phi) is 5.28. The van der Waals surface area contributed by atoms with Crippen molar-refractivity contribution < 1.29 is 9.53 Å². The fraction of sp³-hybridized carbons (Fsp3) is 0.174. The summed E-state index contributed by atoms with van der Waals surface area (Å²) in [4.78, 5) is 12.4. The smallest absolute Gasteiger partial charge is 0.343 e. The number of ether oxygens (including phenoxy) is 1. The average molecular weight is 409 g/mol. The Morgan fingerprint density at radius 3 is 2.04 bits per heavy atom. The van der Waals surface area contributed by atoms with Crippen LogP contribution in [0.5, 0.6) is 5.75 Å². The summed E-state index contributed by atoms with van der Waals surface area (Å²) in [6.07, 6.45) is 0. The van der Waals surface area contributed by atoms with Crippen molar-refractivity contribution in [3.8, 4) is 16.9 Å². The van der Waals surface area contributed by atoms with E-state index in [0.717, 1.165) is 21.2 Å². The van der Waals surface area contributed by atoms with Crippen LogP contribution in [0.3, 0.4) is 0 Å². The van der Waals surface area contributed by atoms with E-state index in [4.69, 9.17) is 4.74 Å². The molecule has 0 saturated heterocycles. The van der Waals surface area contributed by atoms with Crippen molar-refractivity contribution in [3.05, 3.63) is 88.4 Å². The highest BCUT2D eigenvalue weighted by atomic mass is 79.9. The lowest BCUT2D eigenvalue weighted by Crippen LogP contribution is -2.14. The quantitative estimate of drug-likeness (QED) is 0.358. The van der Waals surface area contributed by atoms with Crippen LogP contribution in [0.15, 0.2) is 77.3 Å². The van der Waals surface area contributed by atoms with Crippen LogP contribution < -0.4 is 4.74 Å². The van der Waals surface area contributed by atoms with Gasteiger partial charge in [-0.3, -0.25) is 0 Å². The molecule has 0 aliphatic rings. The van der Waals surface area contributed by atoms with Crippen LogP contribution in [-0.4, -0.2) is 5.97 Å². The molecule has 0 bridgehead atoms. The van der Waals surface area contributed by atoms with Gasteiger partial charge in [-0.05, 0) is 46.4 Å². The van der Waals surface area contributed by atoms with Crippen LogP contribution in [0.2, 0.25) is 0 Å². The first-order chi connectivity index (χ1) is 12.3. The molecule has 0 saturated carbocycles. The van der Waals surface area contributed by atoms with E-state index in [0.29, 0.717) is 11.3 Å². The van der Waals surface area contributed by atoms with Gasteiger partial charge in [0.2, 0.25) is 0 Å². The Labute approximate surface area is 163 Å². The molecule has 3 heteroatoms. The standard InChI is InChI=1S/C23H21BrO2/c1-23(2,3)20-14-11-18(15-21(20)24)22(25)26-19-12-9-17(10-13-19)16-7-5-4-6-8-16/h4-15H,1-3H3. The SMILES string of the molecule is CC(C)(C)c1ccc(C(=O)Oc2ccc(-c3ccccc3)cc2)cc1Br. The van der Waals surface area contributed by atoms with Crippen LogP contribution in [0.25, 0.3) is 11.1 Å². The highest BCUT2D eigenvalue weighted by Crippen LogP contribution is 2.31. The number of rotatable bonds is 3. The minimum atomic E-state index is -0.362. The van der Waals surface area contributed by atoms with Crippen LogP contribution in [0, 0.1) is 0 Å². The Hall–Kier alpha value is -2.39. The molecule has 3 aromatic carbocycles. The Morgan fingerprint density at radius 2 is 1.46 bits per heavy atom. The van der Waals surface area contributed by atoms with E-state index in [1.165, 1.54) is 0 Å². The topological polar surface area (TPSA) is 26.3 Å². The molecule has 0 aliphatic carbocycles. The molecule has 0 heterocycles. The second-order valence-electron chi connectivity index (χ2n) is 7.22. The molecular formula is C23H21BrO2. The van der Waals surface area contributed by atoms with E-state index in [2.05, 4.69) is 48.8 Å². The molecule has 132 valence electrons. The minimum absolute atomic E-state index is 0.00847. The first-order valence-corrected chi connectivity index (χ1v) is 9.31. The zero-order valence-electron chi connectivity index (χ0n) is 15.1. The van der Waals surface area contributed by atoms with E-state index in [-0.39, 0.29) is 11.4 Å². The number of esters is 1. The summed E-state index contributed by atoms with van der Waals surface area (Å²) in [5.41, 5.74) is 3.90. The summed E-state index contributed by atoms with van der Waals surface area (Å²) in [5, 5.41) is 0. The zero-order valence-corrected chi connectivity index (χ0v) is 16.7. The van der Waals surface area contributed by atoms with Crippen LogP contribution in [0.1, 0.15) is 36.7 Å². The molecule has 0 aliphatic heterocycles. The average Bonchev–Trinajstić information content (AvgIpc) is 2.62. The largest absolute Gasteiger partial charge is 0.423 e. The van der Waals surface area contributed by atoms with Gasteiger partial charge in [-0.15, -0.1) is 0 Å². The van der Waals surface area contributed by atoms with Crippen molar-refractivity contribution in [3.63, 3.8) is 0 Å². The second-order valence-corrected chi connectivity index (χ2v) is 8.08. The lowest BCUT2D eigenvalue weighted by molar-refractivity contribution is 0.0734. The highest BCUT2D eigenvalue weighted by molar-refractivity contribution is 9.10. The number of hydrogen-bond acceptors (Lipinski definition) is 2. The van der Waals surface area contributed by atoms with Gasteiger partial charge in [0, 0.05) is 4.47 Å². The van der Waals surface area contributed by atoms with Crippen LogP contribution in [-0.2, 0) is 5.41 Å². The Bertz CT molecular complexity index is 907. The first-order valence-electron chi connectivity index (χ1n) is 8.52. The van der Waals surface area contributed by atoms with E-state index in [1.807, 2.05) is 60.7 Å². The number of hydrogen-bond donors (Lipinski definition) is 0. The maximum absolute atomic E-state index is 12.4. The molecule has 26 heavy (non-hydrogen) atoms. The summed E-state index contributed by atoms with van der Waals surface area (Å²) >= 11 is 3.56.